The smallest absolute Gasteiger partial charge is 0.253 e. The highest BCUT2D eigenvalue weighted by molar-refractivity contribution is 9.10. The van der Waals surface area contributed by atoms with Gasteiger partial charge in [0.05, 0.1) is 11.4 Å². The lowest BCUT2D eigenvalue weighted by Gasteiger charge is -2.17. The molecule has 5 aromatic rings. The van der Waals surface area contributed by atoms with Crippen LogP contribution in [0.15, 0.2) is 82.3 Å². The fraction of sp³-hybridized carbons (Fsp3) is 0.125. The first-order valence-electron chi connectivity index (χ1n) is 11.0. The molecule has 0 N–H and O–H groups in total. The van der Waals surface area contributed by atoms with E-state index in [0.29, 0.717) is 34.1 Å². The molecule has 0 amide bonds. The van der Waals surface area contributed by atoms with Crippen LogP contribution < -0.4 is 0 Å². The number of aromatic nitrogens is 7. The molecule has 0 radical (unpaired) electrons. The largest absolute Gasteiger partial charge is 0.295 e. The van der Waals surface area contributed by atoms with Gasteiger partial charge in [-0.25, -0.2) is 13.4 Å². The van der Waals surface area contributed by atoms with Crippen molar-refractivity contribution in [1.29, 1.82) is 0 Å². The molecule has 3 aromatic heterocycles. The Bertz CT molecular complexity index is 1650. The highest BCUT2D eigenvalue weighted by atomic mass is 79.9. The number of pyridine rings is 1. The molecule has 10 nitrogen and oxygen atoms in total. The van der Waals surface area contributed by atoms with E-state index in [1.165, 1.54) is 40.3 Å². The lowest BCUT2D eigenvalue weighted by molar-refractivity contribution is 0.450. The summed E-state index contributed by atoms with van der Waals surface area (Å²) in [7, 11) is -0.540. The molecule has 3 heterocycles. The lowest BCUT2D eigenvalue weighted by atomic mass is 10.2. The van der Waals surface area contributed by atoms with Crippen LogP contribution in [-0.2, 0) is 23.6 Å². The van der Waals surface area contributed by atoms with E-state index in [0.717, 1.165) is 10.0 Å². The number of sulfonamides is 1. The van der Waals surface area contributed by atoms with E-state index in [2.05, 4.69) is 41.2 Å². The average molecular weight is 600 g/mol. The van der Waals surface area contributed by atoms with Crippen LogP contribution in [-0.4, -0.2) is 54.3 Å². The van der Waals surface area contributed by atoms with Crippen molar-refractivity contribution in [3.8, 4) is 28.9 Å². The Hall–Kier alpha value is -3.45. The summed E-state index contributed by atoms with van der Waals surface area (Å²) < 4.78 is 31.8. The van der Waals surface area contributed by atoms with Gasteiger partial charge in [0.25, 0.3) is 5.95 Å². The summed E-state index contributed by atoms with van der Waals surface area (Å²) in [6.45, 7) is -0.0813. The van der Waals surface area contributed by atoms with E-state index in [9.17, 15) is 8.42 Å². The number of hydrogen-bond donors (Lipinski definition) is 0. The Labute approximate surface area is 226 Å². The van der Waals surface area contributed by atoms with Gasteiger partial charge in [-0.1, -0.05) is 41.9 Å². The second-order valence-corrected chi connectivity index (χ2v) is 11.5. The highest BCUT2D eigenvalue weighted by Crippen LogP contribution is 2.24. The second kappa shape index (κ2) is 10.1. The van der Waals surface area contributed by atoms with Crippen LogP contribution >= 0.6 is 27.5 Å². The number of hydrogen-bond acceptors (Lipinski definition) is 7. The molecule has 0 unspecified atom stereocenters. The van der Waals surface area contributed by atoms with E-state index < -0.39 is 10.0 Å². The molecular weight excluding hydrogens is 580 g/mol. The average Bonchev–Trinajstić information content (AvgIpc) is 3.48. The fourth-order valence-corrected chi connectivity index (χ4v) is 5.12. The van der Waals surface area contributed by atoms with Crippen molar-refractivity contribution in [1.82, 2.24) is 38.8 Å². The second-order valence-electron chi connectivity index (χ2n) is 8.09. The number of halogens is 2. The van der Waals surface area contributed by atoms with Gasteiger partial charge >= 0.3 is 0 Å². The first-order valence-corrected chi connectivity index (χ1v) is 13.6. The van der Waals surface area contributed by atoms with Crippen molar-refractivity contribution in [3.05, 3.63) is 88.2 Å². The summed E-state index contributed by atoms with van der Waals surface area (Å²) in [6, 6.07) is 19.2. The molecule has 0 aliphatic heterocycles. The Kier molecular flexibility index (Phi) is 6.90. The topological polar surface area (TPSA) is 112 Å². The minimum absolute atomic E-state index is 0.0813. The Morgan fingerprint density at radius 2 is 1.73 bits per heavy atom. The quantitative estimate of drug-likeness (QED) is 0.273. The standard InChI is InChI=1S/C24H20BrClN8O2S/c1-32(37(35,36)19-11-9-18(26)10-12-19)15-21-28-22(20-13-8-17(25)14-27-20)31-34(21)24-30-29-23(33(24)2)16-6-4-3-5-7-16/h3-14H,15H2,1-2H3. The maximum atomic E-state index is 13.2. The van der Waals surface area contributed by atoms with Crippen molar-refractivity contribution >= 4 is 37.6 Å². The van der Waals surface area contributed by atoms with Gasteiger partial charge in [-0.2, -0.15) is 8.99 Å². The van der Waals surface area contributed by atoms with Crippen molar-refractivity contribution in [2.45, 2.75) is 11.4 Å². The Balaban J connectivity index is 1.57. The van der Waals surface area contributed by atoms with Gasteiger partial charge in [-0.3, -0.25) is 9.55 Å². The minimum atomic E-state index is -3.83. The SMILES string of the molecule is CN(Cc1nc(-c2ccc(Br)cn2)nn1-c1nnc(-c2ccccc2)n1C)S(=O)(=O)c1ccc(Cl)cc1. The van der Waals surface area contributed by atoms with Crippen LogP contribution in [0.2, 0.25) is 5.02 Å². The van der Waals surface area contributed by atoms with E-state index in [1.54, 1.807) is 16.8 Å². The molecule has 5 rings (SSSR count). The van der Waals surface area contributed by atoms with Crippen LogP contribution in [0.1, 0.15) is 5.82 Å². The third-order valence-electron chi connectivity index (χ3n) is 5.59. The highest BCUT2D eigenvalue weighted by Gasteiger charge is 2.26. The molecule has 0 aliphatic carbocycles. The summed E-state index contributed by atoms with van der Waals surface area (Å²) in [4.78, 5) is 9.14. The molecular formula is C24H20BrClN8O2S. The van der Waals surface area contributed by atoms with Crippen LogP contribution in [0.4, 0.5) is 0 Å². The third-order valence-corrected chi connectivity index (χ3v) is 8.13. The monoisotopic (exact) mass is 598 g/mol. The van der Waals surface area contributed by atoms with Gasteiger partial charge in [0, 0.05) is 35.4 Å². The predicted molar refractivity (Wildman–Crippen MR) is 142 cm³/mol. The van der Waals surface area contributed by atoms with Gasteiger partial charge in [0.2, 0.25) is 15.8 Å². The van der Waals surface area contributed by atoms with Crippen molar-refractivity contribution in [2.75, 3.05) is 7.05 Å². The molecule has 0 spiro atoms. The van der Waals surface area contributed by atoms with Crippen molar-refractivity contribution < 1.29 is 8.42 Å². The van der Waals surface area contributed by atoms with E-state index in [-0.39, 0.29) is 11.4 Å². The lowest BCUT2D eigenvalue weighted by Crippen LogP contribution is -2.28. The third kappa shape index (κ3) is 5.05. The van der Waals surface area contributed by atoms with Gasteiger partial charge in [0.1, 0.15) is 5.69 Å². The van der Waals surface area contributed by atoms with Crippen LogP contribution in [0.25, 0.3) is 28.9 Å². The van der Waals surface area contributed by atoms with Crippen LogP contribution in [0.5, 0.6) is 0 Å². The van der Waals surface area contributed by atoms with E-state index in [4.69, 9.17) is 11.6 Å². The normalized spacial score (nSPS) is 11.8. The summed E-state index contributed by atoms with van der Waals surface area (Å²) in [5.41, 5.74) is 1.40. The Morgan fingerprint density at radius 1 is 1.00 bits per heavy atom. The molecule has 188 valence electrons. The summed E-state index contributed by atoms with van der Waals surface area (Å²) in [6.07, 6.45) is 1.64. The zero-order chi connectivity index (χ0) is 26.2. The number of rotatable bonds is 7. The fourth-order valence-electron chi connectivity index (χ4n) is 3.64. The molecule has 0 saturated carbocycles. The molecule has 0 aliphatic rings. The van der Waals surface area contributed by atoms with Gasteiger partial charge in [-0.05, 0) is 52.3 Å². The van der Waals surface area contributed by atoms with Crippen LogP contribution in [0, 0.1) is 0 Å². The summed E-state index contributed by atoms with van der Waals surface area (Å²) in [5.74, 6) is 1.67. The van der Waals surface area contributed by atoms with Crippen molar-refractivity contribution in [2.24, 2.45) is 7.05 Å². The van der Waals surface area contributed by atoms with Gasteiger partial charge in [-0.15, -0.1) is 15.3 Å². The van der Waals surface area contributed by atoms with Crippen molar-refractivity contribution in [3.63, 3.8) is 0 Å². The maximum absolute atomic E-state index is 13.2. The molecule has 0 atom stereocenters. The number of nitrogens with zero attached hydrogens (tertiary/aromatic N) is 8. The predicted octanol–water partition coefficient (Wildman–Crippen LogP) is 4.36. The summed E-state index contributed by atoms with van der Waals surface area (Å²) >= 11 is 9.32. The summed E-state index contributed by atoms with van der Waals surface area (Å²) in [5, 5.41) is 13.8. The molecule has 37 heavy (non-hydrogen) atoms. The van der Waals surface area contributed by atoms with E-state index in [1.807, 2.05) is 43.4 Å². The van der Waals surface area contributed by atoms with Gasteiger partial charge in [0.15, 0.2) is 11.6 Å². The van der Waals surface area contributed by atoms with Crippen LogP contribution in [0.3, 0.4) is 0 Å². The molecule has 0 saturated heterocycles. The maximum Gasteiger partial charge on any atom is 0.253 e. The Morgan fingerprint density at radius 3 is 2.41 bits per heavy atom. The number of benzene rings is 2. The molecule has 0 fully saturated rings. The zero-order valence-corrected chi connectivity index (χ0v) is 22.9. The molecule has 13 heteroatoms. The van der Waals surface area contributed by atoms with Gasteiger partial charge < -0.3 is 0 Å². The molecule has 2 aromatic carbocycles. The minimum Gasteiger partial charge on any atom is -0.295 e. The first-order chi connectivity index (χ1) is 17.7. The molecule has 0 bridgehead atoms. The first kappa shape index (κ1) is 25.2. The zero-order valence-electron chi connectivity index (χ0n) is 19.7. The van der Waals surface area contributed by atoms with E-state index >= 15 is 0 Å².